The molecular weight excluding hydrogens is 544 g/mol. The zero-order chi connectivity index (χ0) is 31.1. The number of aliphatic hydroxyl groups excluding tert-OH is 1. The van der Waals surface area contributed by atoms with Gasteiger partial charge in [-0.1, -0.05) is 79.7 Å². The van der Waals surface area contributed by atoms with Crippen LogP contribution in [-0.4, -0.2) is 34.4 Å². The van der Waals surface area contributed by atoms with E-state index in [4.69, 9.17) is 10.5 Å². The number of ether oxygens (including phenoxy) is 1. The van der Waals surface area contributed by atoms with Crippen molar-refractivity contribution >= 4 is 28.7 Å². The van der Waals surface area contributed by atoms with Gasteiger partial charge < -0.3 is 26.2 Å². The van der Waals surface area contributed by atoms with Crippen molar-refractivity contribution in [3.63, 3.8) is 0 Å². The predicted octanol–water partition coefficient (Wildman–Crippen LogP) is 6.33. The van der Waals surface area contributed by atoms with Crippen LogP contribution in [0.25, 0.3) is 0 Å². The van der Waals surface area contributed by atoms with Crippen LogP contribution < -0.4 is 16.4 Å². The van der Waals surface area contributed by atoms with Crippen LogP contribution in [0.3, 0.4) is 0 Å². The van der Waals surface area contributed by atoms with E-state index in [1.807, 2.05) is 69.3 Å². The minimum absolute atomic E-state index is 0.170. The van der Waals surface area contributed by atoms with Gasteiger partial charge in [0.1, 0.15) is 17.3 Å². The summed E-state index contributed by atoms with van der Waals surface area (Å²) in [6.45, 7) is 7.47. The number of aliphatic hydroxyl groups is 1. The maximum absolute atomic E-state index is 14.5. The lowest BCUT2D eigenvalue weighted by Crippen LogP contribution is -2.52. The van der Waals surface area contributed by atoms with Crippen LogP contribution >= 0.6 is 0 Å². The van der Waals surface area contributed by atoms with Crippen molar-refractivity contribution in [2.45, 2.75) is 57.9 Å². The molecule has 0 aliphatic rings. The second-order valence-corrected chi connectivity index (χ2v) is 10.7. The third-order valence-corrected chi connectivity index (χ3v) is 7.83. The summed E-state index contributed by atoms with van der Waals surface area (Å²) in [5.74, 6) is -0.578. The van der Waals surface area contributed by atoms with Crippen molar-refractivity contribution in [1.82, 2.24) is 0 Å². The zero-order valence-corrected chi connectivity index (χ0v) is 24.8. The number of rotatable bonds is 12. The number of anilines is 3. The SMILES string of the molecule is CCC(O)C(OC(=O)C(C)(c1ccccc1C)c1ccccc1C)C(Nc1ccccc1N)Nc1ccccc1[N+](=O)[O-]. The largest absolute Gasteiger partial charge is 0.454 e. The molecule has 224 valence electrons. The smallest absolute Gasteiger partial charge is 0.321 e. The van der Waals surface area contributed by atoms with Crippen molar-refractivity contribution in [3.05, 3.63) is 129 Å². The van der Waals surface area contributed by atoms with E-state index >= 15 is 0 Å². The van der Waals surface area contributed by atoms with Crippen molar-refractivity contribution in [3.8, 4) is 0 Å². The number of hydrogen-bond acceptors (Lipinski definition) is 8. The third kappa shape index (κ3) is 6.62. The number of nitrogens with zero attached hydrogens (tertiary/aromatic N) is 1. The van der Waals surface area contributed by atoms with Crippen LogP contribution in [-0.2, 0) is 14.9 Å². The van der Waals surface area contributed by atoms with E-state index in [-0.39, 0.29) is 17.8 Å². The predicted molar refractivity (Wildman–Crippen MR) is 170 cm³/mol. The maximum atomic E-state index is 14.5. The molecular formula is C34H38N4O5. The van der Waals surface area contributed by atoms with E-state index in [0.29, 0.717) is 11.4 Å². The summed E-state index contributed by atoms with van der Waals surface area (Å²) >= 11 is 0. The molecule has 4 rings (SSSR count). The lowest BCUT2D eigenvalue weighted by molar-refractivity contribution is -0.384. The van der Waals surface area contributed by atoms with Gasteiger partial charge in [0.15, 0.2) is 6.10 Å². The second-order valence-electron chi connectivity index (χ2n) is 10.7. The van der Waals surface area contributed by atoms with E-state index in [9.17, 15) is 20.0 Å². The number of carbonyl (C=O) groups is 1. The number of nitrogens with two attached hydrogens (primary N) is 1. The van der Waals surface area contributed by atoms with Gasteiger partial charge in [-0.25, -0.2) is 0 Å². The van der Waals surface area contributed by atoms with Crippen LogP contribution in [0.15, 0.2) is 97.1 Å². The number of aryl methyl sites for hydroxylation is 2. The Balaban J connectivity index is 1.83. The number of nitro benzene ring substituents is 1. The van der Waals surface area contributed by atoms with Crippen LogP contribution in [0.4, 0.5) is 22.7 Å². The second kappa shape index (κ2) is 13.4. The van der Waals surface area contributed by atoms with E-state index in [1.165, 1.54) is 6.07 Å². The fourth-order valence-corrected chi connectivity index (χ4v) is 5.39. The quantitative estimate of drug-likeness (QED) is 0.0499. The fraction of sp³-hybridized carbons (Fsp3) is 0.265. The minimum Gasteiger partial charge on any atom is -0.454 e. The zero-order valence-electron chi connectivity index (χ0n) is 24.8. The number of carbonyl (C=O) groups excluding carboxylic acids is 1. The molecule has 4 aromatic carbocycles. The number of benzene rings is 4. The highest BCUT2D eigenvalue weighted by molar-refractivity contribution is 5.88. The number of para-hydroxylation sites is 4. The summed E-state index contributed by atoms with van der Waals surface area (Å²) in [4.78, 5) is 25.9. The third-order valence-electron chi connectivity index (χ3n) is 7.83. The Morgan fingerprint density at radius 1 is 0.884 bits per heavy atom. The Bertz CT molecular complexity index is 1550. The summed E-state index contributed by atoms with van der Waals surface area (Å²) in [6, 6.07) is 28.4. The van der Waals surface area contributed by atoms with Gasteiger partial charge in [-0.2, -0.15) is 0 Å². The van der Waals surface area contributed by atoms with Crippen molar-refractivity contribution in [2.75, 3.05) is 16.4 Å². The van der Waals surface area contributed by atoms with Gasteiger partial charge in [0.25, 0.3) is 5.69 Å². The summed E-state index contributed by atoms with van der Waals surface area (Å²) < 4.78 is 6.31. The molecule has 9 heteroatoms. The molecule has 0 radical (unpaired) electrons. The molecule has 0 saturated carbocycles. The molecule has 0 spiro atoms. The molecule has 0 amide bonds. The molecule has 0 bridgehead atoms. The number of nitro groups is 1. The van der Waals surface area contributed by atoms with Crippen LogP contribution in [0.5, 0.6) is 0 Å². The molecule has 5 N–H and O–H groups in total. The summed E-state index contributed by atoms with van der Waals surface area (Å²) in [7, 11) is 0. The van der Waals surface area contributed by atoms with Gasteiger partial charge in [0, 0.05) is 6.07 Å². The van der Waals surface area contributed by atoms with E-state index in [1.54, 1.807) is 49.4 Å². The highest BCUT2D eigenvalue weighted by Gasteiger charge is 2.44. The molecule has 0 heterocycles. The van der Waals surface area contributed by atoms with Crippen molar-refractivity contribution in [2.24, 2.45) is 0 Å². The Morgan fingerprint density at radius 3 is 1.91 bits per heavy atom. The number of nitrogen functional groups attached to an aromatic ring is 1. The van der Waals surface area contributed by atoms with Crippen molar-refractivity contribution in [1.29, 1.82) is 0 Å². The normalized spacial score (nSPS) is 13.4. The van der Waals surface area contributed by atoms with Gasteiger partial charge in [-0.05, 0) is 67.6 Å². The topological polar surface area (TPSA) is 140 Å². The first-order valence-electron chi connectivity index (χ1n) is 14.2. The molecule has 9 nitrogen and oxygen atoms in total. The van der Waals surface area contributed by atoms with Crippen molar-refractivity contribution < 1.29 is 19.6 Å². The summed E-state index contributed by atoms with van der Waals surface area (Å²) in [6.07, 6.45) is -3.10. The molecule has 4 aromatic rings. The van der Waals surface area contributed by atoms with Gasteiger partial charge in [0.05, 0.1) is 22.4 Å². The van der Waals surface area contributed by atoms with Gasteiger partial charge >= 0.3 is 5.97 Å². The van der Waals surface area contributed by atoms with Gasteiger partial charge in [0.2, 0.25) is 0 Å². The number of esters is 1. The van der Waals surface area contributed by atoms with Gasteiger partial charge in [-0.3, -0.25) is 14.9 Å². The highest BCUT2D eigenvalue weighted by Crippen LogP contribution is 2.38. The average Bonchev–Trinajstić information content (AvgIpc) is 3.00. The number of nitrogens with one attached hydrogen (secondary N) is 2. The Kier molecular flexibility index (Phi) is 9.67. The first-order chi connectivity index (χ1) is 20.6. The van der Waals surface area contributed by atoms with E-state index < -0.39 is 34.7 Å². The first kappa shape index (κ1) is 31.1. The van der Waals surface area contributed by atoms with Gasteiger partial charge in [-0.15, -0.1) is 0 Å². The number of hydrogen-bond donors (Lipinski definition) is 4. The highest BCUT2D eigenvalue weighted by atomic mass is 16.6. The molecule has 3 atom stereocenters. The average molecular weight is 583 g/mol. The molecule has 0 fully saturated rings. The molecule has 0 aromatic heterocycles. The lowest BCUT2D eigenvalue weighted by Gasteiger charge is -2.37. The maximum Gasteiger partial charge on any atom is 0.321 e. The Hall–Kier alpha value is -4.89. The molecule has 0 saturated heterocycles. The molecule has 43 heavy (non-hydrogen) atoms. The van der Waals surface area contributed by atoms with Crippen LogP contribution in [0.2, 0.25) is 0 Å². The van der Waals surface area contributed by atoms with Crippen LogP contribution in [0.1, 0.15) is 42.5 Å². The molecule has 3 unspecified atom stereocenters. The molecule has 0 aliphatic heterocycles. The van der Waals surface area contributed by atoms with E-state index in [0.717, 1.165) is 22.3 Å². The molecule has 0 aliphatic carbocycles. The lowest BCUT2D eigenvalue weighted by atomic mass is 9.73. The Labute approximate surface area is 251 Å². The standard InChI is InChI=1S/C34H38N4O5/c1-5-30(39)31(32(36-27-19-11-10-18-26(27)35)37-28-20-12-13-21-29(28)38(41)42)43-33(40)34(4,24-16-8-6-14-22(24)2)25-17-9-7-15-23(25)3/h6-21,30-32,36-37,39H,5,35H2,1-4H3. The Morgan fingerprint density at radius 2 is 1.37 bits per heavy atom. The monoisotopic (exact) mass is 582 g/mol. The summed E-state index contributed by atoms with van der Waals surface area (Å²) in [5.41, 5.74) is 9.27. The van der Waals surface area contributed by atoms with Crippen LogP contribution in [0, 0.1) is 24.0 Å². The first-order valence-corrected chi connectivity index (χ1v) is 14.2. The minimum atomic E-state index is -1.24. The summed E-state index contributed by atoms with van der Waals surface area (Å²) in [5, 5.41) is 29.6. The fourth-order valence-electron chi connectivity index (χ4n) is 5.39. The van der Waals surface area contributed by atoms with E-state index in [2.05, 4.69) is 10.6 Å².